The molecular weight excluding hydrogens is 328 g/mol. The lowest BCUT2D eigenvalue weighted by molar-refractivity contribution is -0.133. The first-order valence-corrected chi connectivity index (χ1v) is 9.31. The molecule has 2 aromatic heterocycles. The van der Waals surface area contributed by atoms with Gasteiger partial charge in [-0.2, -0.15) is 5.10 Å². The number of hydrogen-bond acceptors (Lipinski definition) is 5. The molecule has 3 heterocycles. The summed E-state index contributed by atoms with van der Waals surface area (Å²) >= 11 is 0. The quantitative estimate of drug-likeness (QED) is 0.856. The van der Waals surface area contributed by atoms with E-state index in [0.29, 0.717) is 12.3 Å². The Balaban J connectivity index is 1.55. The van der Waals surface area contributed by atoms with Gasteiger partial charge in [0.15, 0.2) is 0 Å². The molecule has 7 heteroatoms. The second-order valence-electron chi connectivity index (χ2n) is 7.03. The largest absolute Gasteiger partial charge is 0.372 e. The van der Waals surface area contributed by atoms with Gasteiger partial charge in [0.05, 0.1) is 11.9 Å². The molecule has 1 aliphatic heterocycles. The van der Waals surface area contributed by atoms with Gasteiger partial charge in [0.1, 0.15) is 5.82 Å². The van der Waals surface area contributed by atoms with Gasteiger partial charge in [0.2, 0.25) is 5.91 Å². The number of anilines is 1. The molecule has 1 saturated heterocycles. The van der Waals surface area contributed by atoms with Crippen molar-refractivity contribution >= 4 is 11.7 Å². The molecule has 1 fully saturated rings. The number of piperidine rings is 1. The zero-order valence-electron chi connectivity index (χ0n) is 15.9. The highest BCUT2D eigenvalue weighted by Crippen LogP contribution is 2.23. The van der Waals surface area contributed by atoms with Crippen LogP contribution in [0.2, 0.25) is 0 Å². The van der Waals surface area contributed by atoms with Crippen molar-refractivity contribution in [3.8, 4) is 0 Å². The summed E-state index contributed by atoms with van der Waals surface area (Å²) < 4.78 is 1.86. The number of rotatable bonds is 6. The molecule has 0 radical (unpaired) electrons. The van der Waals surface area contributed by atoms with Crippen LogP contribution in [0.1, 0.15) is 36.2 Å². The first-order valence-electron chi connectivity index (χ1n) is 9.31. The minimum atomic E-state index is 0.242. The van der Waals surface area contributed by atoms with Crippen LogP contribution in [0, 0.1) is 12.8 Å². The monoisotopic (exact) mass is 356 g/mol. The number of nitrogens with zero attached hydrogens (tertiary/aromatic N) is 5. The predicted octanol–water partition coefficient (Wildman–Crippen LogP) is 1.97. The lowest BCUT2D eigenvalue weighted by Crippen LogP contribution is -2.40. The van der Waals surface area contributed by atoms with Gasteiger partial charge in [-0.15, -0.1) is 0 Å². The fourth-order valence-electron chi connectivity index (χ4n) is 3.65. The van der Waals surface area contributed by atoms with Gasteiger partial charge in [-0.3, -0.25) is 14.5 Å². The molecule has 0 spiro atoms. The molecule has 1 N–H and O–H groups in total. The third kappa shape index (κ3) is 4.20. The van der Waals surface area contributed by atoms with E-state index in [4.69, 9.17) is 0 Å². The lowest BCUT2D eigenvalue weighted by atomic mass is 9.93. The van der Waals surface area contributed by atoms with E-state index in [1.165, 1.54) is 0 Å². The van der Waals surface area contributed by atoms with Crippen molar-refractivity contribution in [1.29, 1.82) is 0 Å². The van der Waals surface area contributed by atoms with E-state index in [0.717, 1.165) is 61.5 Å². The summed E-state index contributed by atoms with van der Waals surface area (Å²) in [5.74, 6) is 1.52. The molecule has 2 aromatic rings. The maximum atomic E-state index is 12.7. The Kier molecular flexibility index (Phi) is 5.85. The SMILES string of the molecule is CNc1nccnc1CC1CCCN(C(=O)CCc2cnn(C)c2C)C1. The van der Waals surface area contributed by atoms with Crippen LogP contribution in [-0.2, 0) is 24.7 Å². The predicted molar refractivity (Wildman–Crippen MR) is 101 cm³/mol. The maximum Gasteiger partial charge on any atom is 0.222 e. The van der Waals surface area contributed by atoms with Crippen LogP contribution in [0.15, 0.2) is 18.6 Å². The Labute approximate surface area is 154 Å². The van der Waals surface area contributed by atoms with E-state index < -0.39 is 0 Å². The highest BCUT2D eigenvalue weighted by Gasteiger charge is 2.25. The number of nitrogens with one attached hydrogen (secondary N) is 1. The fraction of sp³-hybridized carbons (Fsp3) is 0.579. The third-order valence-electron chi connectivity index (χ3n) is 5.31. The van der Waals surface area contributed by atoms with Crippen LogP contribution in [0.3, 0.4) is 0 Å². The summed E-state index contributed by atoms with van der Waals surface area (Å²) in [7, 11) is 3.80. The summed E-state index contributed by atoms with van der Waals surface area (Å²) in [6.07, 6.45) is 9.65. The maximum absolute atomic E-state index is 12.7. The minimum Gasteiger partial charge on any atom is -0.372 e. The average molecular weight is 356 g/mol. The van der Waals surface area contributed by atoms with E-state index in [-0.39, 0.29) is 5.91 Å². The van der Waals surface area contributed by atoms with Gasteiger partial charge >= 0.3 is 0 Å². The van der Waals surface area contributed by atoms with E-state index in [9.17, 15) is 4.79 Å². The van der Waals surface area contributed by atoms with Crippen LogP contribution in [0.4, 0.5) is 5.82 Å². The molecular formula is C19H28N6O. The first kappa shape index (κ1) is 18.4. The van der Waals surface area contributed by atoms with Crippen LogP contribution in [0.5, 0.6) is 0 Å². The van der Waals surface area contributed by atoms with Gasteiger partial charge in [-0.1, -0.05) is 0 Å². The second kappa shape index (κ2) is 8.29. The number of aryl methyl sites for hydroxylation is 2. The first-order chi connectivity index (χ1) is 12.6. The molecule has 0 aromatic carbocycles. The molecule has 1 aliphatic rings. The Bertz CT molecular complexity index is 756. The molecule has 1 unspecified atom stereocenters. The van der Waals surface area contributed by atoms with Gasteiger partial charge in [-0.25, -0.2) is 4.98 Å². The smallest absolute Gasteiger partial charge is 0.222 e. The Morgan fingerprint density at radius 2 is 2.15 bits per heavy atom. The molecule has 0 bridgehead atoms. The lowest BCUT2D eigenvalue weighted by Gasteiger charge is -2.33. The Hall–Kier alpha value is -2.44. The van der Waals surface area contributed by atoms with Crippen molar-refractivity contribution in [3.05, 3.63) is 35.5 Å². The Morgan fingerprint density at radius 3 is 2.88 bits per heavy atom. The topological polar surface area (TPSA) is 75.9 Å². The van der Waals surface area contributed by atoms with Crippen LogP contribution in [0.25, 0.3) is 0 Å². The zero-order valence-corrected chi connectivity index (χ0v) is 15.9. The Morgan fingerprint density at radius 1 is 1.35 bits per heavy atom. The number of carbonyl (C=O) groups is 1. The van der Waals surface area contributed by atoms with Crippen LogP contribution in [-0.4, -0.2) is 50.7 Å². The molecule has 140 valence electrons. The van der Waals surface area contributed by atoms with Crippen molar-refractivity contribution < 1.29 is 4.79 Å². The van der Waals surface area contributed by atoms with E-state index in [1.807, 2.05) is 36.8 Å². The van der Waals surface area contributed by atoms with Gasteiger partial charge < -0.3 is 10.2 Å². The summed E-state index contributed by atoms with van der Waals surface area (Å²) in [5, 5.41) is 7.36. The van der Waals surface area contributed by atoms with Gasteiger partial charge in [-0.05, 0) is 44.1 Å². The highest BCUT2D eigenvalue weighted by molar-refractivity contribution is 5.76. The van der Waals surface area contributed by atoms with E-state index >= 15 is 0 Å². The van der Waals surface area contributed by atoms with Crippen molar-refractivity contribution in [2.24, 2.45) is 13.0 Å². The van der Waals surface area contributed by atoms with Crippen molar-refractivity contribution in [1.82, 2.24) is 24.6 Å². The summed E-state index contributed by atoms with van der Waals surface area (Å²) in [6.45, 7) is 3.72. The van der Waals surface area contributed by atoms with E-state index in [2.05, 4.69) is 20.4 Å². The van der Waals surface area contributed by atoms with Crippen LogP contribution >= 0.6 is 0 Å². The number of hydrogen-bond donors (Lipinski definition) is 1. The number of aromatic nitrogens is 4. The van der Waals surface area contributed by atoms with Gasteiger partial charge in [0.25, 0.3) is 0 Å². The minimum absolute atomic E-state index is 0.242. The second-order valence-corrected chi connectivity index (χ2v) is 7.03. The van der Waals surface area contributed by atoms with Crippen molar-refractivity contribution in [3.63, 3.8) is 0 Å². The molecule has 0 saturated carbocycles. The number of amides is 1. The average Bonchev–Trinajstić information content (AvgIpc) is 2.99. The van der Waals surface area contributed by atoms with E-state index in [1.54, 1.807) is 12.4 Å². The molecule has 1 atom stereocenters. The van der Waals surface area contributed by atoms with Crippen LogP contribution < -0.4 is 5.32 Å². The molecule has 3 rings (SSSR count). The molecule has 26 heavy (non-hydrogen) atoms. The van der Waals surface area contributed by atoms with Gasteiger partial charge in [0, 0.05) is 51.7 Å². The van der Waals surface area contributed by atoms with Crippen molar-refractivity contribution in [2.75, 3.05) is 25.5 Å². The fourth-order valence-corrected chi connectivity index (χ4v) is 3.65. The standard InChI is InChI=1S/C19H28N6O/c1-14-16(12-23-24(14)3)6-7-18(26)25-10-4-5-15(13-25)11-17-19(20-2)22-9-8-21-17/h8-9,12,15H,4-7,10-11,13H2,1-3H3,(H,20,22). The highest BCUT2D eigenvalue weighted by atomic mass is 16.2. The summed E-state index contributed by atoms with van der Waals surface area (Å²) in [5.41, 5.74) is 3.28. The van der Waals surface area contributed by atoms with Crippen molar-refractivity contribution in [2.45, 2.75) is 39.0 Å². The number of carbonyl (C=O) groups excluding carboxylic acids is 1. The molecule has 7 nitrogen and oxygen atoms in total. The number of likely N-dealkylation sites (tertiary alicyclic amines) is 1. The zero-order chi connectivity index (χ0) is 18.5. The summed E-state index contributed by atoms with van der Waals surface area (Å²) in [6, 6.07) is 0. The molecule has 1 amide bonds. The normalized spacial score (nSPS) is 17.3. The summed E-state index contributed by atoms with van der Waals surface area (Å²) in [4.78, 5) is 23.5. The third-order valence-corrected chi connectivity index (χ3v) is 5.31. The molecule has 0 aliphatic carbocycles.